The Morgan fingerprint density at radius 3 is 2.15 bits per heavy atom. The molecule has 13 heavy (non-hydrogen) atoms. The molecular formula is C11H23NS. The smallest absolute Gasteiger partial charge is 0.00871 e. The summed E-state index contributed by atoms with van der Waals surface area (Å²) < 4.78 is 0. The molecule has 0 aromatic heterocycles. The number of thiol groups is 1. The van der Waals surface area contributed by atoms with Crippen LogP contribution >= 0.6 is 12.6 Å². The van der Waals surface area contributed by atoms with E-state index in [0.29, 0.717) is 11.5 Å². The topological polar surface area (TPSA) is 3.24 Å². The molecule has 2 heteroatoms. The van der Waals surface area contributed by atoms with Gasteiger partial charge in [-0.05, 0) is 43.9 Å². The van der Waals surface area contributed by atoms with E-state index in [9.17, 15) is 0 Å². The molecule has 0 saturated heterocycles. The van der Waals surface area contributed by atoms with Gasteiger partial charge in [0.25, 0.3) is 0 Å². The number of nitrogens with zero attached hydrogens (tertiary/aromatic N) is 1. The molecule has 0 bridgehead atoms. The number of hydrogen-bond donors (Lipinski definition) is 1. The van der Waals surface area contributed by atoms with Crippen molar-refractivity contribution >= 4 is 12.6 Å². The summed E-state index contributed by atoms with van der Waals surface area (Å²) in [6.45, 7) is 8.14. The molecule has 1 saturated carbocycles. The largest absolute Gasteiger partial charge is 0.303 e. The van der Waals surface area contributed by atoms with Gasteiger partial charge in [0.15, 0.2) is 0 Å². The molecule has 1 aliphatic carbocycles. The molecule has 1 fully saturated rings. The van der Waals surface area contributed by atoms with Crippen molar-refractivity contribution in [1.29, 1.82) is 0 Å². The van der Waals surface area contributed by atoms with Gasteiger partial charge in [-0.2, -0.15) is 12.6 Å². The van der Waals surface area contributed by atoms with Crippen LogP contribution in [0.25, 0.3) is 0 Å². The highest BCUT2D eigenvalue weighted by atomic mass is 32.1. The third-order valence-electron chi connectivity index (χ3n) is 3.54. The zero-order valence-corrected chi connectivity index (χ0v) is 10.3. The van der Waals surface area contributed by atoms with Gasteiger partial charge in [-0.1, -0.05) is 13.8 Å². The lowest BCUT2D eigenvalue weighted by atomic mass is 10.0. The molecular weight excluding hydrogens is 178 g/mol. The van der Waals surface area contributed by atoms with E-state index in [2.05, 4.69) is 45.3 Å². The van der Waals surface area contributed by atoms with Crippen LogP contribution < -0.4 is 0 Å². The zero-order valence-electron chi connectivity index (χ0n) is 9.38. The van der Waals surface area contributed by atoms with E-state index >= 15 is 0 Å². The molecule has 1 rings (SSSR count). The van der Waals surface area contributed by atoms with E-state index in [4.69, 9.17) is 0 Å². The summed E-state index contributed by atoms with van der Waals surface area (Å²) >= 11 is 4.43. The Morgan fingerprint density at radius 1 is 1.31 bits per heavy atom. The van der Waals surface area contributed by atoms with Crippen LogP contribution in [0.5, 0.6) is 0 Å². The van der Waals surface area contributed by atoms with Crippen molar-refractivity contribution in [2.45, 2.75) is 39.7 Å². The number of rotatable bonds is 5. The van der Waals surface area contributed by atoms with Crippen molar-refractivity contribution in [1.82, 2.24) is 4.90 Å². The minimum atomic E-state index is 0.570. The van der Waals surface area contributed by atoms with Gasteiger partial charge in [0.05, 0.1) is 0 Å². The Morgan fingerprint density at radius 2 is 1.85 bits per heavy atom. The van der Waals surface area contributed by atoms with E-state index in [1.54, 1.807) is 0 Å². The summed E-state index contributed by atoms with van der Waals surface area (Å²) in [7, 11) is 2.24. The van der Waals surface area contributed by atoms with Crippen molar-refractivity contribution in [2.75, 3.05) is 19.3 Å². The molecule has 78 valence electrons. The van der Waals surface area contributed by atoms with E-state index in [-0.39, 0.29) is 0 Å². The number of hydrogen-bond acceptors (Lipinski definition) is 2. The van der Waals surface area contributed by atoms with Crippen LogP contribution in [-0.2, 0) is 0 Å². The first-order valence-corrected chi connectivity index (χ1v) is 5.95. The SMILES string of the molecule is CC(C)C(C)N(C)CC1(CS)CC1. The van der Waals surface area contributed by atoms with E-state index in [1.807, 2.05) is 0 Å². The second-order valence-electron chi connectivity index (χ2n) is 5.06. The maximum atomic E-state index is 4.43. The van der Waals surface area contributed by atoms with Gasteiger partial charge in [-0.15, -0.1) is 0 Å². The van der Waals surface area contributed by atoms with Crippen molar-refractivity contribution in [2.24, 2.45) is 11.3 Å². The van der Waals surface area contributed by atoms with Gasteiger partial charge >= 0.3 is 0 Å². The van der Waals surface area contributed by atoms with Crippen molar-refractivity contribution in [3.8, 4) is 0 Å². The fourth-order valence-electron chi connectivity index (χ4n) is 1.73. The second kappa shape index (κ2) is 4.22. The van der Waals surface area contributed by atoms with Crippen LogP contribution in [0.2, 0.25) is 0 Å². The summed E-state index contributed by atoms with van der Waals surface area (Å²) in [5.74, 6) is 1.81. The first-order valence-electron chi connectivity index (χ1n) is 5.32. The van der Waals surface area contributed by atoms with Crippen LogP contribution in [-0.4, -0.2) is 30.3 Å². The Kier molecular flexibility index (Phi) is 3.70. The Hall–Kier alpha value is 0.310. The van der Waals surface area contributed by atoms with Crippen LogP contribution in [0.4, 0.5) is 0 Å². The van der Waals surface area contributed by atoms with Crippen molar-refractivity contribution in [3.63, 3.8) is 0 Å². The van der Waals surface area contributed by atoms with Crippen molar-refractivity contribution < 1.29 is 0 Å². The third-order valence-corrected chi connectivity index (χ3v) is 4.21. The Bertz CT molecular complexity index is 163. The summed E-state index contributed by atoms with van der Waals surface area (Å²) in [5, 5.41) is 0. The van der Waals surface area contributed by atoms with Gasteiger partial charge in [0.1, 0.15) is 0 Å². The Balaban J connectivity index is 2.36. The molecule has 0 N–H and O–H groups in total. The Labute approximate surface area is 88.3 Å². The molecule has 1 aliphatic rings. The quantitative estimate of drug-likeness (QED) is 0.669. The molecule has 0 heterocycles. The predicted molar refractivity (Wildman–Crippen MR) is 62.5 cm³/mol. The summed E-state index contributed by atoms with van der Waals surface area (Å²) in [6, 6.07) is 0.692. The molecule has 1 unspecified atom stereocenters. The van der Waals surface area contributed by atoms with Crippen LogP contribution in [0, 0.1) is 11.3 Å². The lowest BCUT2D eigenvalue weighted by Crippen LogP contribution is -2.38. The van der Waals surface area contributed by atoms with Gasteiger partial charge < -0.3 is 4.90 Å². The summed E-state index contributed by atoms with van der Waals surface area (Å²) in [5.41, 5.74) is 0.570. The molecule has 1 nitrogen and oxygen atoms in total. The summed E-state index contributed by atoms with van der Waals surface area (Å²) in [4.78, 5) is 2.49. The predicted octanol–water partition coefficient (Wildman–Crippen LogP) is 2.67. The molecule has 0 aromatic carbocycles. The van der Waals surface area contributed by atoms with Crippen LogP contribution in [0.15, 0.2) is 0 Å². The monoisotopic (exact) mass is 201 g/mol. The standard InChI is InChI=1S/C11H23NS/c1-9(2)10(3)12(4)7-11(8-13)5-6-11/h9-10,13H,5-8H2,1-4H3. The normalized spacial score (nSPS) is 22.4. The second-order valence-corrected chi connectivity index (χ2v) is 5.37. The highest BCUT2D eigenvalue weighted by molar-refractivity contribution is 7.80. The minimum Gasteiger partial charge on any atom is -0.303 e. The minimum absolute atomic E-state index is 0.570. The van der Waals surface area contributed by atoms with Gasteiger partial charge in [0, 0.05) is 12.6 Å². The fourth-order valence-corrected chi connectivity index (χ4v) is 2.14. The van der Waals surface area contributed by atoms with Gasteiger partial charge in [-0.25, -0.2) is 0 Å². The maximum absolute atomic E-state index is 4.43. The molecule has 0 spiro atoms. The van der Waals surface area contributed by atoms with Gasteiger partial charge in [-0.3, -0.25) is 0 Å². The van der Waals surface area contributed by atoms with Crippen LogP contribution in [0.3, 0.4) is 0 Å². The van der Waals surface area contributed by atoms with E-state index in [1.165, 1.54) is 19.4 Å². The first kappa shape index (κ1) is 11.4. The lowest BCUT2D eigenvalue weighted by molar-refractivity contribution is 0.178. The average Bonchev–Trinajstić information content (AvgIpc) is 2.84. The first-order chi connectivity index (χ1) is 6.01. The molecule has 0 aromatic rings. The summed E-state index contributed by atoms with van der Waals surface area (Å²) in [6.07, 6.45) is 2.76. The third kappa shape index (κ3) is 2.88. The molecule has 0 aliphatic heterocycles. The highest BCUT2D eigenvalue weighted by Gasteiger charge is 2.42. The van der Waals surface area contributed by atoms with Crippen LogP contribution in [0.1, 0.15) is 33.6 Å². The van der Waals surface area contributed by atoms with E-state index < -0.39 is 0 Å². The molecule has 0 amide bonds. The zero-order chi connectivity index (χ0) is 10.1. The maximum Gasteiger partial charge on any atom is 0.00871 e. The molecule has 0 radical (unpaired) electrons. The highest BCUT2D eigenvalue weighted by Crippen LogP contribution is 2.47. The van der Waals surface area contributed by atoms with Crippen molar-refractivity contribution in [3.05, 3.63) is 0 Å². The van der Waals surface area contributed by atoms with E-state index in [0.717, 1.165) is 11.7 Å². The van der Waals surface area contributed by atoms with Gasteiger partial charge in [0.2, 0.25) is 0 Å². The lowest BCUT2D eigenvalue weighted by Gasteiger charge is -2.31. The average molecular weight is 201 g/mol. The fraction of sp³-hybridized carbons (Fsp3) is 1.00. The molecule has 1 atom stereocenters.